The van der Waals surface area contributed by atoms with Crippen LogP contribution in [0, 0.1) is 20.8 Å². The average molecular weight is 402 g/mol. The lowest BCUT2D eigenvalue weighted by Crippen LogP contribution is -2.12. The van der Waals surface area contributed by atoms with Crippen LogP contribution < -0.4 is 5.32 Å². The van der Waals surface area contributed by atoms with Gasteiger partial charge in [-0.05, 0) is 54.4 Å². The van der Waals surface area contributed by atoms with Crippen molar-refractivity contribution in [2.75, 3.05) is 5.32 Å². The average Bonchev–Trinajstić information content (AvgIpc) is 3.01. The van der Waals surface area contributed by atoms with Crippen molar-refractivity contribution in [3.63, 3.8) is 0 Å². The Morgan fingerprint density at radius 3 is 2.32 bits per heavy atom. The van der Waals surface area contributed by atoms with Crippen LogP contribution in [0.2, 0.25) is 0 Å². The summed E-state index contributed by atoms with van der Waals surface area (Å²) in [6.45, 7) is 6.54. The Morgan fingerprint density at radius 2 is 1.80 bits per heavy atom. The summed E-state index contributed by atoms with van der Waals surface area (Å²) >= 11 is 3.54. The quantitative estimate of drug-likeness (QED) is 0.725. The number of rotatable bonds is 4. The number of hydrogen-bond acceptors (Lipinski definition) is 3. The molecule has 7 heteroatoms. The zero-order valence-corrected chi connectivity index (χ0v) is 16.3. The molecule has 0 saturated heterocycles. The molecule has 6 nitrogen and oxygen atoms in total. The molecule has 25 heavy (non-hydrogen) atoms. The van der Waals surface area contributed by atoms with E-state index in [1.54, 1.807) is 10.9 Å². The Labute approximate surface area is 155 Å². The molecule has 3 aromatic rings. The maximum absolute atomic E-state index is 12.4. The zero-order chi connectivity index (χ0) is 18.1. The van der Waals surface area contributed by atoms with Crippen LogP contribution in [0.5, 0.6) is 0 Å². The number of amides is 1. The zero-order valence-electron chi connectivity index (χ0n) is 14.7. The van der Waals surface area contributed by atoms with Gasteiger partial charge in [-0.25, -0.2) is 0 Å². The third kappa shape index (κ3) is 3.66. The summed E-state index contributed by atoms with van der Waals surface area (Å²) < 4.78 is 4.67. The lowest BCUT2D eigenvalue weighted by molar-refractivity contribution is 0.102. The first-order chi connectivity index (χ1) is 11.8. The molecule has 3 rings (SSSR count). The van der Waals surface area contributed by atoms with Crippen LogP contribution in [0.25, 0.3) is 0 Å². The molecule has 0 aliphatic carbocycles. The number of hydrogen-bond donors (Lipinski definition) is 1. The molecule has 0 radical (unpaired) electrons. The Balaban J connectivity index is 1.72. The summed E-state index contributed by atoms with van der Waals surface area (Å²) in [6.07, 6.45) is 1.79. The van der Waals surface area contributed by atoms with Gasteiger partial charge in [0.2, 0.25) is 0 Å². The van der Waals surface area contributed by atoms with Crippen LogP contribution >= 0.6 is 15.9 Å². The van der Waals surface area contributed by atoms with Crippen LogP contribution in [0.1, 0.15) is 33.0 Å². The minimum atomic E-state index is -0.142. The molecule has 0 atom stereocenters. The van der Waals surface area contributed by atoms with Crippen molar-refractivity contribution < 1.29 is 4.79 Å². The van der Waals surface area contributed by atoms with E-state index in [-0.39, 0.29) is 5.91 Å². The van der Waals surface area contributed by atoms with Crippen LogP contribution in [0.15, 0.2) is 34.9 Å². The van der Waals surface area contributed by atoms with E-state index in [1.807, 2.05) is 56.8 Å². The second-order valence-electron chi connectivity index (χ2n) is 6.10. The fourth-order valence-corrected chi connectivity index (χ4v) is 2.96. The van der Waals surface area contributed by atoms with E-state index >= 15 is 0 Å². The molecule has 1 amide bonds. The number of carbonyl (C=O) groups excluding carboxylic acids is 1. The minimum absolute atomic E-state index is 0.142. The van der Waals surface area contributed by atoms with Crippen molar-refractivity contribution in [2.24, 2.45) is 7.05 Å². The monoisotopic (exact) mass is 401 g/mol. The Kier molecular flexibility index (Phi) is 4.76. The molecule has 1 N–H and O–H groups in total. The Bertz CT molecular complexity index is 924. The van der Waals surface area contributed by atoms with E-state index in [0.29, 0.717) is 12.1 Å². The number of benzene rings is 1. The lowest BCUT2D eigenvalue weighted by atomic mass is 10.1. The van der Waals surface area contributed by atoms with Crippen molar-refractivity contribution in [1.29, 1.82) is 0 Å². The highest BCUT2D eigenvalue weighted by Gasteiger charge is 2.11. The summed E-state index contributed by atoms with van der Waals surface area (Å²) in [4.78, 5) is 12.4. The summed E-state index contributed by atoms with van der Waals surface area (Å²) in [5.41, 5.74) is 5.28. The second-order valence-corrected chi connectivity index (χ2v) is 6.89. The topological polar surface area (TPSA) is 64.7 Å². The maximum Gasteiger partial charge on any atom is 0.255 e. The van der Waals surface area contributed by atoms with E-state index in [9.17, 15) is 4.79 Å². The van der Waals surface area contributed by atoms with Gasteiger partial charge in [-0.1, -0.05) is 12.1 Å². The van der Waals surface area contributed by atoms with Crippen molar-refractivity contribution >= 4 is 27.5 Å². The van der Waals surface area contributed by atoms with Gasteiger partial charge >= 0.3 is 0 Å². The highest BCUT2D eigenvalue weighted by atomic mass is 79.9. The van der Waals surface area contributed by atoms with Gasteiger partial charge in [0.25, 0.3) is 5.91 Å². The van der Waals surface area contributed by atoms with E-state index in [1.165, 1.54) is 0 Å². The van der Waals surface area contributed by atoms with Gasteiger partial charge in [-0.3, -0.25) is 14.2 Å². The summed E-state index contributed by atoms with van der Waals surface area (Å²) in [6, 6.07) is 7.57. The third-order valence-electron chi connectivity index (χ3n) is 4.10. The van der Waals surface area contributed by atoms with Gasteiger partial charge in [-0.15, -0.1) is 0 Å². The smallest absolute Gasteiger partial charge is 0.255 e. The van der Waals surface area contributed by atoms with Gasteiger partial charge in [0.1, 0.15) is 0 Å². The van der Waals surface area contributed by atoms with Crippen LogP contribution in [-0.4, -0.2) is 25.5 Å². The standard InChI is InChI=1S/C18H20BrN5O/c1-11-16(10-23(4)21-11)20-18(25)15-7-5-14(6-8-15)9-24-13(3)17(19)12(2)22-24/h5-8,10H,9H2,1-4H3,(H,20,25). The molecule has 0 unspecified atom stereocenters. The van der Waals surface area contributed by atoms with Crippen molar-refractivity contribution in [3.05, 3.63) is 63.1 Å². The number of aryl methyl sites for hydroxylation is 3. The fourth-order valence-electron chi connectivity index (χ4n) is 2.68. The number of anilines is 1. The molecule has 0 aliphatic heterocycles. The van der Waals surface area contributed by atoms with Crippen LogP contribution in [0.3, 0.4) is 0 Å². The highest BCUT2D eigenvalue weighted by molar-refractivity contribution is 9.10. The first-order valence-corrected chi connectivity index (χ1v) is 8.74. The van der Waals surface area contributed by atoms with E-state index in [2.05, 4.69) is 31.4 Å². The van der Waals surface area contributed by atoms with Gasteiger partial charge in [0.15, 0.2) is 0 Å². The van der Waals surface area contributed by atoms with E-state index in [4.69, 9.17) is 0 Å². The number of nitrogens with zero attached hydrogens (tertiary/aromatic N) is 4. The van der Waals surface area contributed by atoms with Crippen LogP contribution in [-0.2, 0) is 13.6 Å². The minimum Gasteiger partial charge on any atom is -0.319 e. The first kappa shape index (κ1) is 17.4. The molecule has 1 aromatic carbocycles. The summed E-state index contributed by atoms with van der Waals surface area (Å²) in [5.74, 6) is -0.142. The summed E-state index contributed by atoms with van der Waals surface area (Å²) in [7, 11) is 1.83. The number of halogens is 1. The molecule has 130 valence electrons. The largest absolute Gasteiger partial charge is 0.319 e. The predicted molar refractivity (Wildman–Crippen MR) is 101 cm³/mol. The molecule has 0 saturated carbocycles. The molecule has 2 aromatic heterocycles. The lowest BCUT2D eigenvalue weighted by Gasteiger charge is -2.07. The fraction of sp³-hybridized carbons (Fsp3) is 0.278. The Morgan fingerprint density at radius 1 is 1.12 bits per heavy atom. The van der Waals surface area contributed by atoms with Crippen molar-refractivity contribution in [1.82, 2.24) is 19.6 Å². The maximum atomic E-state index is 12.4. The SMILES string of the molecule is Cc1nn(C)cc1NC(=O)c1ccc(Cn2nc(C)c(Br)c2C)cc1. The van der Waals surface area contributed by atoms with Gasteiger partial charge in [0.05, 0.1) is 33.8 Å². The second kappa shape index (κ2) is 6.84. The van der Waals surface area contributed by atoms with Gasteiger partial charge in [0, 0.05) is 18.8 Å². The molecule has 2 heterocycles. The molecular formula is C18H20BrN5O. The molecule has 0 spiro atoms. The van der Waals surface area contributed by atoms with E-state index < -0.39 is 0 Å². The van der Waals surface area contributed by atoms with Gasteiger partial charge in [-0.2, -0.15) is 10.2 Å². The van der Waals surface area contributed by atoms with Crippen molar-refractivity contribution in [3.8, 4) is 0 Å². The predicted octanol–water partition coefficient (Wildman–Crippen LogP) is 3.60. The third-order valence-corrected chi connectivity index (χ3v) is 5.25. The molecule has 0 fully saturated rings. The molecule has 0 aliphatic rings. The molecular weight excluding hydrogens is 382 g/mol. The number of aromatic nitrogens is 4. The number of nitrogens with one attached hydrogen (secondary N) is 1. The summed E-state index contributed by atoms with van der Waals surface area (Å²) in [5, 5.41) is 11.6. The molecule has 0 bridgehead atoms. The highest BCUT2D eigenvalue weighted by Crippen LogP contribution is 2.21. The number of carbonyl (C=O) groups is 1. The van der Waals surface area contributed by atoms with Gasteiger partial charge < -0.3 is 5.32 Å². The first-order valence-electron chi connectivity index (χ1n) is 7.95. The Hall–Kier alpha value is -2.41. The van der Waals surface area contributed by atoms with E-state index in [0.717, 1.165) is 32.8 Å². The van der Waals surface area contributed by atoms with Crippen LogP contribution in [0.4, 0.5) is 5.69 Å². The normalized spacial score (nSPS) is 10.9. The van der Waals surface area contributed by atoms with Crippen molar-refractivity contribution in [2.45, 2.75) is 27.3 Å².